The molecule has 0 spiro atoms. The molecule has 0 fully saturated rings. The van der Waals surface area contributed by atoms with Gasteiger partial charge in [-0.05, 0) is 19.3 Å². The van der Waals surface area contributed by atoms with Crippen molar-refractivity contribution in [2.75, 3.05) is 24.6 Å². The summed E-state index contributed by atoms with van der Waals surface area (Å²) < 4.78 is 58.9. The predicted octanol–water partition coefficient (Wildman–Crippen LogP) is 4.98. The van der Waals surface area contributed by atoms with Crippen LogP contribution < -0.4 is 0 Å². The van der Waals surface area contributed by atoms with E-state index in [9.17, 15) is 13.2 Å². The van der Waals surface area contributed by atoms with Gasteiger partial charge in [0.05, 0.1) is 18.5 Å². The molecule has 0 aliphatic heterocycles. The maximum absolute atomic E-state index is 10.7. The van der Waals surface area contributed by atoms with Gasteiger partial charge in [0.2, 0.25) is 0 Å². The number of nitriles is 1. The van der Waals surface area contributed by atoms with E-state index in [1.165, 1.54) is 57.0 Å². The second-order valence-corrected chi connectivity index (χ2v) is 11.5. The number of halogens is 3. The molecule has 0 aromatic heterocycles. The van der Waals surface area contributed by atoms with Crippen LogP contribution in [0.3, 0.4) is 0 Å². The SMILES string of the molecule is CCCC[P+](CC#N)(CCCC)CCCC.O=S(=O)([O-])C(F)(F)F. The molecule has 0 rings (SSSR count). The van der Waals surface area contributed by atoms with E-state index in [2.05, 4.69) is 26.8 Å². The number of rotatable bonds is 10. The van der Waals surface area contributed by atoms with Crippen LogP contribution in [-0.2, 0) is 10.1 Å². The fraction of sp³-hybridized carbons (Fsp3) is 0.933. The van der Waals surface area contributed by atoms with Gasteiger partial charge in [-0.1, -0.05) is 40.0 Å². The summed E-state index contributed by atoms with van der Waals surface area (Å²) in [6, 6.07) is 2.48. The van der Waals surface area contributed by atoms with Crippen LogP contribution in [0.1, 0.15) is 59.3 Å². The van der Waals surface area contributed by atoms with E-state index in [0.717, 1.165) is 6.16 Å². The van der Waals surface area contributed by atoms with Crippen molar-refractivity contribution in [3.8, 4) is 6.07 Å². The second kappa shape index (κ2) is 12.9. The highest BCUT2D eigenvalue weighted by molar-refractivity contribution is 7.86. The van der Waals surface area contributed by atoms with E-state index in [1.54, 1.807) is 0 Å². The normalized spacial score (nSPS) is 12.2. The van der Waals surface area contributed by atoms with Crippen molar-refractivity contribution in [3.63, 3.8) is 0 Å². The summed E-state index contributed by atoms with van der Waals surface area (Å²) in [6.45, 7) is 6.79. The maximum Gasteiger partial charge on any atom is 0.485 e. The first-order chi connectivity index (χ1) is 11.0. The smallest absolute Gasteiger partial charge is 0.485 e. The monoisotopic (exact) mass is 391 g/mol. The summed E-state index contributed by atoms with van der Waals surface area (Å²) in [5.41, 5.74) is -5.65. The highest BCUT2D eigenvalue weighted by atomic mass is 32.2. The predicted molar refractivity (Wildman–Crippen MR) is 92.5 cm³/mol. The molecule has 0 amide bonds. The molecular formula is C15H29F3NO3PS. The zero-order valence-corrected chi connectivity index (χ0v) is 16.4. The third kappa shape index (κ3) is 12.0. The van der Waals surface area contributed by atoms with Crippen LogP contribution in [-0.4, -0.2) is 43.1 Å². The lowest BCUT2D eigenvalue weighted by Crippen LogP contribution is -2.21. The fourth-order valence-corrected chi connectivity index (χ4v) is 6.61. The second-order valence-electron chi connectivity index (χ2n) is 5.79. The average molecular weight is 391 g/mol. The lowest BCUT2D eigenvalue weighted by atomic mass is 10.4. The lowest BCUT2D eigenvalue weighted by molar-refractivity contribution is -0.0517. The number of unbranched alkanes of at least 4 members (excludes halogenated alkanes) is 3. The van der Waals surface area contributed by atoms with E-state index in [0.29, 0.717) is 0 Å². The Bertz CT molecular complexity index is 440. The van der Waals surface area contributed by atoms with Crippen LogP contribution in [0.4, 0.5) is 13.2 Å². The summed E-state index contributed by atoms with van der Waals surface area (Å²) in [5.74, 6) is 0. The highest BCUT2D eigenvalue weighted by Crippen LogP contribution is 2.60. The van der Waals surface area contributed by atoms with Crippen LogP contribution >= 0.6 is 7.26 Å². The van der Waals surface area contributed by atoms with Gasteiger partial charge in [-0.3, -0.25) is 0 Å². The molecule has 144 valence electrons. The van der Waals surface area contributed by atoms with Gasteiger partial charge in [-0.15, -0.1) is 0 Å². The number of nitrogens with zero attached hydrogens (tertiary/aromatic N) is 1. The van der Waals surface area contributed by atoms with Crippen LogP contribution in [0.25, 0.3) is 0 Å². The molecule has 4 nitrogen and oxygen atoms in total. The van der Waals surface area contributed by atoms with Crippen molar-refractivity contribution in [3.05, 3.63) is 0 Å². The van der Waals surface area contributed by atoms with Gasteiger partial charge >= 0.3 is 5.51 Å². The van der Waals surface area contributed by atoms with Crippen molar-refractivity contribution >= 4 is 17.4 Å². The summed E-state index contributed by atoms with van der Waals surface area (Å²) >= 11 is 0. The van der Waals surface area contributed by atoms with E-state index >= 15 is 0 Å². The first-order valence-corrected chi connectivity index (χ1v) is 12.2. The molecule has 0 aliphatic carbocycles. The Labute approximate surface area is 144 Å². The van der Waals surface area contributed by atoms with E-state index in [4.69, 9.17) is 18.2 Å². The molecule has 0 unspecified atom stereocenters. The Morgan fingerprint density at radius 1 is 0.958 bits per heavy atom. The van der Waals surface area contributed by atoms with Gasteiger partial charge in [0.25, 0.3) is 0 Å². The van der Waals surface area contributed by atoms with Crippen molar-refractivity contribution in [1.82, 2.24) is 0 Å². The van der Waals surface area contributed by atoms with Crippen molar-refractivity contribution < 1.29 is 26.1 Å². The largest absolute Gasteiger partial charge is 0.741 e. The molecule has 0 aromatic rings. The minimum atomic E-state index is -6.09. The quantitative estimate of drug-likeness (QED) is 0.299. The van der Waals surface area contributed by atoms with Gasteiger partial charge in [0, 0.05) is 7.26 Å². The summed E-state index contributed by atoms with van der Waals surface area (Å²) in [6.07, 6.45) is 12.9. The Morgan fingerprint density at radius 2 is 1.25 bits per heavy atom. The van der Waals surface area contributed by atoms with Gasteiger partial charge < -0.3 is 4.55 Å². The molecular weight excluding hydrogens is 362 g/mol. The summed E-state index contributed by atoms with van der Waals surface area (Å²) in [5, 5.41) is 9.08. The molecule has 9 heteroatoms. The van der Waals surface area contributed by atoms with E-state index in [1.807, 2.05) is 0 Å². The molecule has 0 radical (unpaired) electrons. The molecule has 0 saturated heterocycles. The standard InChI is InChI=1S/C14H29NP.CHF3O3S/c1-4-7-11-16(14-10-15,12-8-5-2)13-9-6-3;2-1(3,4)8(5,6)7/h4-9,11-14H2,1-3H3;(H,5,6,7)/q+1;/p-1. The Balaban J connectivity index is 0. The van der Waals surface area contributed by atoms with Crippen LogP contribution in [0.15, 0.2) is 0 Å². The molecule has 24 heavy (non-hydrogen) atoms. The molecule has 0 atom stereocenters. The number of alkyl halides is 3. The summed E-state index contributed by atoms with van der Waals surface area (Å²) in [4.78, 5) is 0. The summed E-state index contributed by atoms with van der Waals surface area (Å²) in [7, 11) is -7.00. The van der Waals surface area contributed by atoms with Crippen molar-refractivity contribution in [2.45, 2.75) is 64.8 Å². The third-order valence-electron chi connectivity index (χ3n) is 3.65. The van der Waals surface area contributed by atoms with Crippen LogP contribution in [0.2, 0.25) is 0 Å². The lowest BCUT2D eigenvalue weighted by Gasteiger charge is -2.25. The first-order valence-electron chi connectivity index (χ1n) is 8.23. The Hall–Kier alpha value is -0.380. The van der Waals surface area contributed by atoms with Gasteiger partial charge in [-0.25, -0.2) is 8.42 Å². The molecule has 0 saturated carbocycles. The minimum Gasteiger partial charge on any atom is -0.741 e. The highest BCUT2D eigenvalue weighted by Gasteiger charge is 2.37. The number of hydrogen-bond donors (Lipinski definition) is 0. The maximum atomic E-state index is 10.7. The third-order valence-corrected chi connectivity index (χ3v) is 8.82. The molecule has 0 aromatic carbocycles. The van der Waals surface area contributed by atoms with E-state index < -0.39 is 22.9 Å². The Morgan fingerprint density at radius 3 is 1.42 bits per heavy atom. The van der Waals surface area contributed by atoms with Gasteiger partial charge in [0.15, 0.2) is 10.1 Å². The molecule has 0 N–H and O–H groups in total. The molecule has 0 heterocycles. The molecule has 0 aliphatic rings. The Kier molecular flexibility index (Phi) is 13.9. The fourth-order valence-electron chi connectivity index (χ4n) is 2.20. The topological polar surface area (TPSA) is 81.0 Å². The van der Waals surface area contributed by atoms with Crippen LogP contribution in [0, 0.1) is 11.3 Å². The minimum absolute atomic E-state index is 0.882. The van der Waals surface area contributed by atoms with Gasteiger partial charge in [-0.2, -0.15) is 18.4 Å². The van der Waals surface area contributed by atoms with E-state index in [-0.39, 0.29) is 0 Å². The first kappa shape index (κ1) is 25.9. The van der Waals surface area contributed by atoms with Crippen molar-refractivity contribution in [1.29, 1.82) is 5.26 Å². The van der Waals surface area contributed by atoms with Crippen LogP contribution in [0.5, 0.6) is 0 Å². The average Bonchev–Trinajstić information content (AvgIpc) is 2.47. The molecule has 0 bridgehead atoms. The zero-order valence-electron chi connectivity index (χ0n) is 14.7. The number of hydrogen-bond acceptors (Lipinski definition) is 4. The van der Waals surface area contributed by atoms with Crippen molar-refractivity contribution in [2.24, 2.45) is 0 Å². The van der Waals surface area contributed by atoms with Gasteiger partial charge in [0.1, 0.15) is 12.2 Å². The zero-order chi connectivity index (χ0) is 19.3.